The first-order valence-electron chi connectivity index (χ1n) is 10.7. The highest BCUT2D eigenvalue weighted by Gasteiger charge is 2.32. The summed E-state index contributed by atoms with van der Waals surface area (Å²) in [6.07, 6.45) is 0.603. The largest absolute Gasteiger partial charge is 0.496 e. The van der Waals surface area contributed by atoms with Crippen LogP contribution in [0.4, 0.5) is 14.5 Å². The molecule has 178 valence electrons. The van der Waals surface area contributed by atoms with Gasteiger partial charge in [-0.1, -0.05) is 24.3 Å². The third-order valence-corrected chi connectivity index (χ3v) is 7.97. The maximum atomic E-state index is 13.7. The number of amides is 1. The van der Waals surface area contributed by atoms with Gasteiger partial charge in [-0.25, -0.2) is 17.2 Å². The van der Waals surface area contributed by atoms with E-state index in [4.69, 9.17) is 4.74 Å². The molecule has 0 radical (unpaired) electrons. The van der Waals surface area contributed by atoms with Crippen LogP contribution in [-0.2, 0) is 16.4 Å². The average Bonchev–Trinajstić information content (AvgIpc) is 3.29. The van der Waals surface area contributed by atoms with E-state index in [1.807, 2.05) is 12.1 Å². The zero-order valence-corrected chi connectivity index (χ0v) is 19.8. The number of methoxy groups -OCH3 is 1. The van der Waals surface area contributed by atoms with Crippen molar-refractivity contribution in [1.29, 1.82) is 0 Å². The Morgan fingerprint density at radius 1 is 1.06 bits per heavy atom. The van der Waals surface area contributed by atoms with Crippen LogP contribution in [0.5, 0.6) is 5.75 Å². The minimum Gasteiger partial charge on any atom is -0.496 e. The monoisotopic (exact) mass is 486 g/mol. The van der Waals surface area contributed by atoms with Gasteiger partial charge in [0.25, 0.3) is 15.9 Å². The lowest BCUT2D eigenvalue weighted by molar-refractivity contribution is 0.0738. The normalized spacial score (nSPS) is 14.0. The fourth-order valence-electron chi connectivity index (χ4n) is 4.06. The molecular formula is C25H24F2N2O4S. The zero-order valence-electron chi connectivity index (χ0n) is 19.0. The van der Waals surface area contributed by atoms with E-state index in [1.165, 1.54) is 47.6 Å². The van der Waals surface area contributed by atoms with Crippen LogP contribution in [0.15, 0.2) is 65.6 Å². The van der Waals surface area contributed by atoms with Gasteiger partial charge in [0.15, 0.2) is 11.6 Å². The van der Waals surface area contributed by atoms with Gasteiger partial charge >= 0.3 is 0 Å². The van der Waals surface area contributed by atoms with Crippen molar-refractivity contribution in [3.63, 3.8) is 0 Å². The predicted molar refractivity (Wildman–Crippen MR) is 125 cm³/mol. The van der Waals surface area contributed by atoms with Crippen molar-refractivity contribution in [1.82, 2.24) is 4.90 Å². The maximum absolute atomic E-state index is 13.7. The van der Waals surface area contributed by atoms with Crippen molar-refractivity contribution in [2.24, 2.45) is 0 Å². The summed E-state index contributed by atoms with van der Waals surface area (Å²) in [4.78, 5) is 14.6. The molecule has 0 N–H and O–H groups in total. The number of rotatable bonds is 6. The molecule has 3 aromatic rings. The Morgan fingerprint density at radius 2 is 1.79 bits per heavy atom. The van der Waals surface area contributed by atoms with Crippen LogP contribution in [-0.4, -0.2) is 39.9 Å². The van der Waals surface area contributed by atoms with Gasteiger partial charge in [-0.3, -0.25) is 9.10 Å². The van der Waals surface area contributed by atoms with Crippen LogP contribution >= 0.6 is 0 Å². The van der Waals surface area contributed by atoms with Crippen molar-refractivity contribution < 1.29 is 26.7 Å². The summed E-state index contributed by atoms with van der Waals surface area (Å²) in [7, 11) is -1.04. The first-order valence-corrected chi connectivity index (χ1v) is 12.1. The highest BCUT2D eigenvalue weighted by atomic mass is 32.2. The van der Waals surface area contributed by atoms with E-state index < -0.39 is 33.6 Å². The Hall–Kier alpha value is -3.46. The molecule has 34 heavy (non-hydrogen) atoms. The minimum atomic E-state index is -3.93. The first kappa shape index (κ1) is 23.7. The fraction of sp³-hybridized carbons (Fsp3) is 0.240. The van der Waals surface area contributed by atoms with Gasteiger partial charge in [0, 0.05) is 13.6 Å². The summed E-state index contributed by atoms with van der Waals surface area (Å²) < 4.78 is 60.6. The number of para-hydroxylation sites is 1. The highest BCUT2D eigenvalue weighted by Crippen LogP contribution is 2.34. The molecule has 0 saturated carbocycles. The van der Waals surface area contributed by atoms with Crippen LogP contribution in [0.1, 0.15) is 34.5 Å². The van der Waals surface area contributed by atoms with Crippen molar-refractivity contribution in [2.75, 3.05) is 25.0 Å². The SMILES string of the molecule is COc1ccc(S(=O)(=O)N2CCc3ccccc32)cc1C(=O)N(C)C(C)c1ccc(F)c(F)c1. The fourth-order valence-corrected chi connectivity index (χ4v) is 5.59. The predicted octanol–water partition coefficient (Wildman–Crippen LogP) is 4.56. The van der Waals surface area contributed by atoms with Crippen LogP contribution in [0.2, 0.25) is 0 Å². The van der Waals surface area contributed by atoms with E-state index in [0.717, 1.165) is 17.7 Å². The number of hydrogen-bond acceptors (Lipinski definition) is 4. The number of ether oxygens (including phenoxy) is 1. The Labute approximate surface area is 197 Å². The summed E-state index contributed by atoms with van der Waals surface area (Å²) in [6.45, 7) is 1.98. The molecule has 1 heterocycles. The molecule has 6 nitrogen and oxygen atoms in total. The van der Waals surface area contributed by atoms with Gasteiger partial charge in [0.05, 0.1) is 29.3 Å². The lowest BCUT2D eigenvalue weighted by Gasteiger charge is -2.27. The molecule has 1 aliphatic rings. The highest BCUT2D eigenvalue weighted by molar-refractivity contribution is 7.92. The number of halogens is 2. The van der Waals surface area contributed by atoms with Crippen molar-refractivity contribution in [3.8, 4) is 5.75 Å². The Kier molecular flexibility index (Phi) is 6.31. The summed E-state index contributed by atoms with van der Waals surface area (Å²) >= 11 is 0. The lowest BCUT2D eigenvalue weighted by atomic mass is 10.1. The van der Waals surface area contributed by atoms with Crippen LogP contribution in [0.3, 0.4) is 0 Å². The first-order chi connectivity index (χ1) is 16.1. The van der Waals surface area contributed by atoms with E-state index in [1.54, 1.807) is 19.1 Å². The second kappa shape index (κ2) is 9.06. The van der Waals surface area contributed by atoms with Crippen LogP contribution in [0.25, 0.3) is 0 Å². The van der Waals surface area contributed by atoms with Gasteiger partial charge in [-0.15, -0.1) is 0 Å². The van der Waals surface area contributed by atoms with E-state index in [0.29, 0.717) is 24.2 Å². The van der Waals surface area contributed by atoms with Crippen molar-refractivity contribution in [2.45, 2.75) is 24.3 Å². The van der Waals surface area contributed by atoms with E-state index in [9.17, 15) is 22.0 Å². The van der Waals surface area contributed by atoms with E-state index in [-0.39, 0.29) is 16.2 Å². The third-order valence-electron chi connectivity index (χ3n) is 6.16. The summed E-state index contributed by atoms with van der Waals surface area (Å²) in [5, 5.41) is 0. The molecule has 0 aliphatic carbocycles. The van der Waals surface area contributed by atoms with E-state index >= 15 is 0 Å². The topological polar surface area (TPSA) is 66.9 Å². The smallest absolute Gasteiger partial charge is 0.264 e. The van der Waals surface area contributed by atoms with Crippen LogP contribution in [0, 0.1) is 11.6 Å². The third kappa shape index (κ3) is 4.11. The molecule has 0 spiro atoms. The Morgan fingerprint density at radius 3 is 2.50 bits per heavy atom. The molecule has 1 amide bonds. The molecule has 0 bridgehead atoms. The molecule has 3 aromatic carbocycles. The van der Waals surface area contributed by atoms with Gasteiger partial charge < -0.3 is 9.64 Å². The second-order valence-corrected chi connectivity index (χ2v) is 9.95. The summed E-state index contributed by atoms with van der Waals surface area (Å²) in [5.74, 6) is -2.31. The Balaban J connectivity index is 1.68. The number of carbonyl (C=O) groups excluding carboxylic acids is 1. The van der Waals surface area contributed by atoms with Gasteiger partial charge in [-0.2, -0.15) is 0 Å². The number of fused-ring (bicyclic) bond motifs is 1. The van der Waals surface area contributed by atoms with Crippen LogP contribution < -0.4 is 9.04 Å². The van der Waals surface area contributed by atoms with Crippen molar-refractivity contribution in [3.05, 3.63) is 89.0 Å². The number of carbonyl (C=O) groups is 1. The molecule has 0 fully saturated rings. The van der Waals surface area contributed by atoms with Gasteiger partial charge in [-0.05, 0) is 60.9 Å². The van der Waals surface area contributed by atoms with E-state index in [2.05, 4.69) is 0 Å². The van der Waals surface area contributed by atoms with Gasteiger partial charge in [0.1, 0.15) is 5.75 Å². The number of hydrogen-bond donors (Lipinski definition) is 0. The molecule has 0 aromatic heterocycles. The summed E-state index contributed by atoms with van der Waals surface area (Å²) in [5.41, 5.74) is 2.01. The Bertz CT molecular complexity index is 1360. The average molecular weight is 487 g/mol. The molecule has 9 heteroatoms. The standard InChI is InChI=1S/C25H24F2N2O4S/c1-16(18-8-10-21(26)22(27)14-18)28(2)25(30)20-15-19(9-11-24(20)33-3)34(31,32)29-13-12-17-6-4-5-7-23(17)29/h4-11,14-16H,12-13H2,1-3H3. The second-order valence-electron chi connectivity index (χ2n) is 8.08. The molecule has 1 aliphatic heterocycles. The molecule has 0 saturated heterocycles. The quantitative estimate of drug-likeness (QED) is 0.513. The number of benzene rings is 3. The lowest BCUT2D eigenvalue weighted by Crippen LogP contribution is -2.31. The molecule has 1 unspecified atom stereocenters. The van der Waals surface area contributed by atoms with Crippen molar-refractivity contribution >= 4 is 21.6 Å². The zero-order chi connectivity index (χ0) is 24.6. The minimum absolute atomic E-state index is 0.0396. The van der Waals surface area contributed by atoms with Gasteiger partial charge in [0.2, 0.25) is 0 Å². The molecular weight excluding hydrogens is 462 g/mol. The number of anilines is 1. The summed E-state index contributed by atoms with van der Waals surface area (Å²) in [6, 6.07) is 14.3. The number of nitrogens with zero attached hydrogens (tertiary/aromatic N) is 2. The maximum Gasteiger partial charge on any atom is 0.264 e. The molecule has 1 atom stereocenters. The molecule has 4 rings (SSSR count). The number of sulfonamides is 1.